The van der Waals surface area contributed by atoms with Crippen molar-refractivity contribution in [3.05, 3.63) is 82.0 Å². The molecule has 2 aromatic heterocycles. The molecule has 3 aromatic rings. The molecule has 1 N–H and O–H groups in total. The molecule has 0 radical (unpaired) electrons. The molecule has 0 spiro atoms. The lowest BCUT2D eigenvalue weighted by Gasteiger charge is -2.27. The second kappa shape index (κ2) is 9.16. The topological polar surface area (TPSA) is 86.1 Å². The van der Waals surface area contributed by atoms with Gasteiger partial charge in [-0.05, 0) is 54.0 Å². The van der Waals surface area contributed by atoms with Crippen molar-refractivity contribution in [3.8, 4) is 6.07 Å². The fraction of sp³-hybridized carbons (Fsp3) is 0.308. The van der Waals surface area contributed by atoms with Gasteiger partial charge >= 0.3 is 0 Å². The minimum absolute atomic E-state index is 0.0239. The van der Waals surface area contributed by atoms with E-state index in [0.29, 0.717) is 42.9 Å². The minimum Gasteiger partial charge on any atom is -0.337 e. The molecular weight excluding hydrogens is 432 g/mol. The third kappa shape index (κ3) is 4.53. The number of aryl methyl sites for hydroxylation is 1. The highest BCUT2D eigenvalue weighted by atomic mass is 32.1. The number of anilines is 1. The van der Waals surface area contributed by atoms with E-state index in [1.165, 1.54) is 16.9 Å². The third-order valence-corrected chi connectivity index (χ3v) is 7.62. The summed E-state index contributed by atoms with van der Waals surface area (Å²) in [6.07, 6.45) is 6.08. The van der Waals surface area contributed by atoms with Gasteiger partial charge in [-0.3, -0.25) is 14.6 Å². The second-order valence-corrected chi connectivity index (χ2v) is 9.69. The van der Waals surface area contributed by atoms with Crippen LogP contribution >= 0.6 is 11.3 Å². The zero-order valence-electron chi connectivity index (χ0n) is 18.2. The first-order chi connectivity index (χ1) is 16.1. The first-order valence-electron chi connectivity index (χ1n) is 11.2. The van der Waals surface area contributed by atoms with Gasteiger partial charge < -0.3 is 10.2 Å². The Morgan fingerprint density at radius 2 is 1.97 bits per heavy atom. The number of hydrogen-bond donors (Lipinski definition) is 1. The molecule has 2 aliphatic rings. The molecular formula is C26H24N4O2S. The normalized spacial score (nSPS) is 18.8. The molecule has 3 heterocycles. The van der Waals surface area contributed by atoms with Crippen molar-refractivity contribution in [2.45, 2.75) is 38.1 Å². The van der Waals surface area contributed by atoms with Gasteiger partial charge in [0.05, 0.1) is 12.1 Å². The first kappa shape index (κ1) is 21.4. The van der Waals surface area contributed by atoms with Crippen LogP contribution in [0.2, 0.25) is 0 Å². The van der Waals surface area contributed by atoms with E-state index in [1.54, 1.807) is 12.4 Å². The number of nitrogens with zero attached hydrogens (tertiary/aromatic N) is 3. The van der Waals surface area contributed by atoms with Gasteiger partial charge in [0.2, 0.25) is 11.8 Å². The molecule has 1 aliphatic heterocycles. The molecule has 2 unspecified atom stereocenters. The van der Waals surface area contributed by atoms with Crippen LogP contribution in [0.3, 0.4) is 0 Å². The molecule has 5 rings (SSSR count). The van der Waals surface area contributed by atoms with Crippen molar-refractivity contribution < 1.29 is 9.59 Å². The molecule has 166 valence electrons. The summed E-state index contributed by atoms with van der Waals surface area (Å²) < 4.78 is 0. The number of nitriles is 1. The van der Waals surface area contributed by atoms with Gasteiger partial charge in [0.25, 0.3) is 0 Å². The first-order valence-corrected chi connectivity index (χ1v) is 12.0. The number of aromatic nitrogens is 1. The smallest absolute Gasteiger partial charge is 0.228 e. The Bertz CT molecular complexity index is 1220. The quantitative estimate of drug-likeness (QED) is 0.600. The van der Waals surface area contributed by atoms with Gasteiger partial charge in [-0.25, -0.2) is 0 Å². The molecule has 1 saturated carbocycles. The standard InChI is InChI=1S/C26H24N4O2S/c27-15-22-19-10-13-30(24(31)7-6-17-8-11-28-12-9-17)16-23(19)33-26(22)29-25(32)21-14-20(21)18-4-2-1-3-5-18/h1-5,8-9,11-12,20-21H,6-7,10,13-14,16H2,(H,29,32). The Labute approximate surface area is 196 Å². The van der Waals surface area contributed by atoms with Gasteiger partial charge in [0, 0.05) is 36.2 Å². The van der Waals surface area contributed by atoms with E-state index in [9.17, 15) is 14.9 Å². The third-order valence-electron chi connectivity index (χ3n) is 6.49. The number of fused-ring (bicyclic) bond motifs is 1. The van der Waals surface area contributed by atoms with Crippen molar-refractivity contribution in [2.24, 2.45) is 5.92 Å². The van der Waals surface area contributed by atoms with E-state index in [4.69, 9.17) is 0 Å². The highest BCUT2D eigenvalue weighted by Gasteiger charge is 2.44. The van der Waals surface area contributed by atoms with Crippen molar-refractivity contribution >= 4 is 28.2 Å². The summed E-state index contributed by atoms with van der Waals surface area (Å²) in [6, 6.07) is 16.2. The molecule has 2 amide bonds. The number of carbonyl (C=O) groups excluding carboxylic acids is 2. The maximum atomic E-state index is 12.8. The van der Waals surface area contributed by atoms with Crippen LogP contribution in [0.25, 0.3) is 0 Å². The number of thiophene rings is 1. The van der Waals surface area contributed by atoms with Crippen LogP contribution in [0, 0.1) is 17.2 Å². The number of benzene rings is 1. The zero-order chi connectivity index (χ0) is 22.8. The van der Waals surface area contributed by atoms with Crippen LogP contribution in [0.15, 0.2) is 54.9 Å². The summed E-state index contributed by atoms with van der Waals surface area (Å²) in [4.78, 5) is 32.5. The van der Waals surface area contributed by atoms with E-state index in [0.717, 1.165) is 22.4 Å². The summed E-state index contributed by atoms with van der Waals surface area (Å²) in [5, 5.41) is 13.4. The zero-order valence-corrected chi connectivity index (χ0v) is 19.0. The summed E-state index contributed by atoms with van der Waals surface area (Å²) in [5.74, 6) is 0.284. The van der Waals surface area contributed by atoms with E-state index in [2.05, 4.69) is 28.5 Å². The highest BCUT2D eigenvalue weighted by Crippen LogP contribution is 2.48. The van der Waals surface area contributed by atoms with Crippen molar-refractivity contribution in [1.29, 1.82) is 5.26 Å². The number of pyridine rings is 1. The van der Waals surface area contributed by atoms with Crippen molar-refractivity contribution in [3.63, 3.8) is 0 Å². The van der Waals surface area contributed by atoms with Gasteiger partial charge in [-0.2, -0.15) is 5.26 Å². The number of amides is 2. The van der Waals surface area contributed by atoms with Crippen LogP contribution < -0.4 is 5.32 Å². The van der Waals surface area contributed by atoms with Crippen LogP contribution in [-0.2, 0) is 29.0 Å². The Kier molecular flexibility index (Phi) is 5.93. The molecule has 6 nitrogen and oxygen atoms in total. The van der Waals surface area contributed by atoms with Gasteiger partial charge in [0.1, 0.15) is 11.1 Å². The maximum absolute atomic E-state index is 12.8. The summed E-state index contributed by atoms with van der Waals surface area (Å²) in [6.45, 7) is 1.09. The number of rotatable bonds is 6. The van der Waals surface area contributed by atoms with Crippen LogP contribution in [0.4, 0.5) is 5.00 Å². The molecule has 1 fully saturated rings. The molecule has 1 aliphatic carbocycles. The molecule has 0 bridgehead atoms. The fourth-order valence-electron chi connectivity index (χ4n) is 4.54. The predicted molar refractivity (Wildman–Crippen MR) is 127 cm³/mol. The summed E-state index contributed by atoms with van der Waals surface area (Å²) in [5.41, 5.74) is 3.82. The van der Waals surface area contributed by atoms with E-state index >= 15 is 0 Å². The number of hydrogen-bond acceptors (Lipinski definition) is 5. The van der Waals surface area contributed by atoms with Crippen molar-refractivity contribution in [1.82, 2.24) is 9.88 Å². The SMILES string of the molecule is N#Cc1c(NC(=O)C2CC2c2ccccc2)sc2c1CCN(C(=O)CCc1ccncc1)C2. The molecule has 7 heteroatoms. The van der Waals surface area contributed by atoms with E-state index in [1.807, 2.05) is 35.2 Å². The summed E-state index contributed by atoms with van der Waals surface area (Å²) in [7, 11) is 0. The molecule has 33 heavy (non-hydrogen) atoms. The molecule has 0 saturated heterocycles. The van der Waals surface area contributed by atoms with E-state index in [-0.39, 0.29) is 23.7 Å². The molecule has 1 aromatic carbocycles. The second-order valence-electron chi connectivity index (χ2n) is 8.59. The monoisotopic (exact) mass is 456 g/mol. The average Bonchev–Trinajstić information content (AvgIpc) is 3.59. The Morgan fingerprint density at radius 1 is 1.18 bits per heavy atom. The van der Waals surface area contributed by atoms with Gasteiger partial charge in [-0.15, -0.1) is 11.3 Å². The highest BCUT2D eigenvalue weighted by molar-refractivity contribution is 7.16. The Morgan fingerprint density at radius 3 is 2.73 bits per heavy atom. The lowest BCUT2D eigenvalue weighted by atomic mass is 10.0. The summed E-state index contributed by atoms with van der Waals surface area (Å²) >= 11 is 1.44. The Hall–Kier alpha value is -3.50. The number of nitrogens with one attached hydrogen (secondary N) is 1. The van der Waals surface area contributed by atoms with Gasteiger partial charge in [-0.1, -0.05) is 30.3 Å². The molecule has 2 atom stereocenters. The largest absolute Gasteiger partial charge is 0.337 e. The Balaban J connectivity index is 1.23. The predicted octanol–water partition coefficient (Wildman–Crippen LogP) is 4.27. The maximum Gasteiger partial charge on any atom is 0.228 e. The van der Waals surface area contributed by atoms with Crippen molar-refractivity contribution in [2.75, 3.05) is 11.9 Å². The van der Waals surface area contributed by atoms with Crippen LogP contribution in [0.5, 0.6) is 0 Å². The van der Waals surface area contributed by atoms with E-state index < -0.39 is 0 Å². The lowest BCUT2D eigenvalue weighted by molar-refractivity contribution is -0.132. The minimum atomic E-state index is -0.0515. The lowest BCUT2D eigenvalue weighted by Crippen LogP contribution is -2.35. The average molecular weight is 457 g/mol. The fourth-order valence-corrected chi connectivity index (χ4v) is 5.76. The number of carbonyl (C=O) groups is 2. The van der Waals surface area contributed by atoms with Crippen LogP contribution in [0.1, 0.15) is 45.9 Å². The van der Waals surface area contributed by atoms with Gasteiger partial charge in [0.15, 0.2) is 0 Å². The van der Waals surface area contributed by atoms with Crippen LogP contribution in [-0.4, -0.2) is 28.2 Å².